The van der Waals surface area contributed by atoms with Gasteiger partial charge in [-0.05, 0) is 25.0 Å². The molecule has 3 N–H and O–H groups in total. The molecule has 2 fully saturated rings. The summed E-state index contributed by atoms with van der Waals surface area (Å²) in [5, 5.41) is 9.77. The van der Waals surface area contributed by atoms with Crippen LogP contribution in [-0.2, 0) is 5.41 Å². The van der Waals surface area contributed by atoms with E-state index in [9.17, 15) is 4.79 Å². The SMILES string of the molecule is O=C1NCC2(CCCCC2)c2c1sc1cnc(Nc3ccc(N4CCNCC4)cn3)nc21. The Morgan fingerprint density at radius 3 is 2.69 bits per heavy atom. The van der Waals surface area contributed by atoms with Crippen LogP contribution in [0.1, 0.15) is 47.3 Å². The molecule has 0 radical (unpaired) electrons. The first-order chi connectivity index (χ1) is 15.7. The minimum absolute atomic E-state index is 0.00850. The van der Waals surface area contributed by atoms with Gasteiger partial charge in [-0.15, -0.1) is 11.3 Å². The Morgan fingerprint density at radius 1 is 1.06 bits per heavy atom. The summed E-state index contributed by atoms with van der Waals surface area (Å²) in [6, 6.07) is 4.07. The normalized spacial score (nSPS) is 20.2. The Bertz CT molecular complexity index is 1150. The van der Waals surface area contributed by atoms with E-state index in [1.54, 1.807) is 0 Å². The van der Waals surface area contributed by atoms with E-state index in [4.69, 9.17) is 4.98 Å². The van der Waals surface area contributed by atoms with Crippen molar-refractivity contribution in [2.75, 3.05) is 42.9 Å². The molecule has 0 unspecified atom stereocenters. The number of amides is 1. The van der Waals surface area contributed by atoms with Crippen LogP contribution in [-0.4, -0.2) is 53.6 Å². The highest BCUT2D eigenvalue weighted by Gasteiger charge is 2.43. The predicted octanol–water partition coefficient (Wildman–Crippen LogP) is 3.18. The second-order valence-corrected chi connectivity index (χ2v) is 10.1. The number of hydrogen-bond donors (Lipinski definition) is 3. The van der Waals surface area contributed by atoms with Gasteiger partial charge in [-0.2, -0.15) is 0 Å². The monoisotopic (exact) mass is 449 g/mol. The molecule has 9 heteroatoms. The van der Waals surface area contributed by atoms with Crippen molar-refractivity contribution in [1.82, 2.24) is 25.6 Å². The topological polar surface area (TPSA) is 95.1 Å². The van der Waals surface area contributed by atoms with Gasteiger partial charge in [-0.3, -0.25) is 4.79 Å². The van der Waals surface area contributed by atoms with E-state index in [0.717, 1.165) is 71.2 Å². The second-order valence-electron chi connectivity index (χ2n) is 9.00. The van der Waals surface area contributed by atoms with Gasteiger partial charge in [0, 0.05) is 43.7 Å². The summed E-state index contributed by atoms with van der Waals surface area (Å²) in [7, 11) is 0. The van der Waals surface area contributed by atoms with Crippen LogP contribution >= 0.6 is 11.3 Å². The Labute approximate surface area is 190 Å². The summed E-state index contributed by atoms with van der Waals surface area (Å²) in [6.07, 6.45) is 9.62. The number of rotatable bonds is 3. The number of piperazine rings is 1. The lowest BCUT2D eigenvalue weighted by atomic mass is 9.68. The molecule has 2 aliphatic heterocycles. The first kappa shape index (κ1) is 19.9. The molecule has 1 spiro atoms. The number of carbonyl (C=O) groups is 1. The Kier molecular flexibility index (Phi) is 4.95. The largest absolute Gasteiger partial charge is 0.368 e. The van der Waals surface area contributed by atoms with Crippen LogP contribution < -0.4 is 20.9 Å². The van der Waals surface area contributed by atoms with Crippen LogP contribution in [0.4, 0.5) is 17.5 Å². The lowest BCUT2D eigenvalue weighted by molar-refractivity contribution is 0.0919. The highest BCUT2D eigenvalue weighted by molar-refractivity contribution is 7.21. The molecule has 3 aliphatic rings. The van der Waals surface area contributed by atoms with Crippen molar-refractivity contribution in [2.24, 2.45) is 0 Å². The lowest BCUT2D eigenvalue weighted by Gasteiger charge is -2.40. The molecule has 0 atom stereocenters. The van der Waals surface area contributed by atoms with Crippen molar-refractivity contribution >= 4 is 44.9 Å². The van der Waals surface area contributed by atoms with Gasteiger partial charge in [0.2, 0.25) is 5.95 Å². The summed E-state index contributed by atoms with van der Waals surface area (Å²) in [5.41, 5.74) is 3.21. The molecule has 0 aromatic carbocycles. The van der Waals surface area contributed by atoms with Crippen LogP contribution in [0.5, 0.6) is 0 Å². The highest BCUT2D eigenvalue weighted by Crippen LogP contribution is 2.47. The Morgan fingerprint density at radius 2 is 1.91 bits per heavy atom. The number of hydrogen-bond acceptors (Lipinski definition) is 8. The molecule has 6 rings (SSSR count). The maximum absolute atomic E-state index is 12.6. The van der Waals surface area contributed by atoms with Gasteiger partial charge in [0.1, 0.15) is 5.82 Å². The number of pyridine rings is 1. The first-order valence-corrected chi connectivity index (χ1v) is 12.3. The number of aromatic nitrogens is 3. The number of nitrogens with one attached hydrogen (secondary N) is 3. The van der Waals surface area contributed by atoms with Crippen LogP contribution in [0.2, 0.25) is 0 Å². The van der Waals surface area contributed by atoms with E-state index in [1.165, 1.54) is 30.6 Å². The molecule has 1 aliphatic carbocycles. The van der Waals surface area contributed by atoms with Crippen LogP contribution in [0.15, 0.2) is 24.5 Å². The summed E-state index contributed by atoms with van der Waals surface area (Å²) in [5.74, 6) is 1.27. The summed E-state index contributed by atoms with van der Waals surface area (Å²) in [4.78, 5) is 29.8. The van der Waals surface area contributed by atoms with Crippen molar-refractivity contribution in [3.05, 3.63) is 35.0 Å². The predicted molar refractivity (Wildman–Crippen MR) is 127 cm³/mol. The van der Waals surface area contributed by atoms with E-state index >= 15 is 0 Å². The zero-order valence-corrected chi connectivity index (χ0v) is 18.8. The third kappa shape index (κ3) is 3.40. The molecule has 1 amide bonds. The Balaban J connectivity index is 1.31. The molecule has 8 nitrogen and oxygen atoms in total. The van der Waals surface area contributed by atoms with Gasteiger partial charge in [0.15, 0.2) is 0 Å². The van der Waals surface area contributed by atoms with E-state index < -0.39 is 0 Å². The number of thiophene rings is 1. The lowest BCUT2D eigenvalue weighted by Crippen LogP contribution is -2.47. The quantitative estimate of drug-likeness (QED) is 0.565. The van der Waals surface area contributed by atoms with Crippen molar-refractivity contribution in [2.45, 2.75) is 37.5 Å². The van der Waals surface area contributed by atoms with Crippen LogP contribution in [0.3, 0.4) is 0 Å². The molecular formula is C23H27N7OS. The fraction of sp³-hybridized carbons (Fsp3) is 0.478. The molecule has 3 aromatic heterocycles. The second kappa shape index (κ2) is 7.97. The third-order valence-corrected chi connectivity index (χ3v) is 8.15. The van der Waals surface area contributed by atoms with E-state index in [2.05, 4.69) is 36.9 Å². The number of carbonyl (C=O) groups excluding carboxylic acids is 1. The van der Waals surface area contributed by atoms with Gasteiger partial charge in [-0.25, -0.2) is 15.0 Å². The van der Waals surface area contributed by atoms with Crippen molar-refractivity contribution < 1.29 is 4.79 Å². The fourth-order valence-corrected chi connectivity index (χ4v) is 6.51. The van der Waals surface area contributed by atoms with Gasteiger partial charge in [-0.1, -0.05) is 19.3 Å². The molecule has 0 bridgehead atoms. The minimum atomic E-state index is 0.00850. The summed E-state index contributed by atoms with van der Waals surface area (Å²) >= 11 is 1.52. The van der Waals surface area contributed by atoms with Crippen LogP contribution in [0, 0.1) is 0 Å². The highest BCUT2D eigenvalue weighted by atomic mass is 32.1. The zero-order chi connectivity index (χ0) is 21.5. The fourth-order valence-electron chi connectivity index (χ4n) is 5.36. The maximum atomic E-state index is 12.6. The first-order valence-electron chi connectivity index (χ1n) is 11.5. The smallest absolute Gasteiger partial charge is 0.261 e. The molecule has 1 saturated carbocycles. The maximum Gasteiger partial charge on any atom is 0.261 e. The number of anilines is 3. The van der Waals surface area contributed by atoms with Gasteiger partial charge < -0.3 is 20.9 Å². The molecule has 5 heterocycles. The molecule has 1 saturated heterocycles. The standard InChI is InChI=1S/C23H27N7OS/c31-21-20-18(23(14-27-21)6-2-1-3-7-23)19-16(32-20)13-26-22(29-19)28-17-5-4-15(12-25-17)30-10-8-24-9-11-30/h4-5,12-13,24H,1-3,6-11,14H2,(H,27,31)(H,25,26,28,29). The number of fused-ring (bicyclic) bond motifs is 4. The molecule has 32 heavy (non-hydrogen) atoms. The number of nitrogens with zero attached hydrogens (tertiary/aromatic N) is 4. The van der Waals surface area contributed by atoms with Crippen molar-refractivity contribution in [3.63, 3.8) is 0 Å². The van der Waals surface area contributed by atoms with Gasteiger partial charge in [0.05, 0.1) is 33.2 Å². The van der Waals surface area contributed by atoms with E-state index in [0.29, 0.717) is 12.5 Å². The Hall–Kier alpha value is -2.78. The molecular weight excluding hydrogens is 422 g/mol. The average molecular weight is 450 g/mol. The minimum Gasteiger partial charge on any atom is -0.368 e. The van der Waals surface area contributed by atoms with E-state index in [1.807, 2.05) is 18.5 Å². The summed E-state index contributed by atoms with van der Waals surface area (Å²) in [6.45, 7) is 4.70. The molecule has 166 valence electrons. The van der Waals surface area contributed by atoms with Gasteiger partial charge in [0.25, 0.3) is 5.91 Å². The van der Waals surface area contributed by atoms with Crippen LogP contribution in [0.25, 0.3) is 10.2 Å². The van der Waals surface area contributed by atoms with Gasteiger partial charge >= 0.3 is 0 Å². The molecule has 3 aromatic rings. The third-order valence-electron chi connectivity index (χ3n) is 7.04. The van der Waals surface area contributed by atoms with Crippen molar-refractivity contribution in [1.29, 1.82) is 0 Å². The van der Waals surface area contributed by atoms with E-state index in [-0.39, 0.29) is 11.3 Å². The summed E-state index contributed by atoms with van der Waals surface area (Å²) < 4.78 is 0.976. The average Bonchev–Trinajstić information content (AvgIpc) is 3.24. The zero-order valence-electron chi connectivity index (χ0n) is 18.0. The van der Waals surface area contributed by atoms with Crippen molar-refractivity contribution in [3.8, 4) is 0 Å².